The van der Waals surface area contributed by atoms with Crippen LogP contribution in [0.15, 0.2) is 22.7 Å². The molecule has 0 aromatic carbocycles. The second kappa shape index (κ2) is 4.95. The Balaban J connectivity index is 1.76. The highest BCUT2D eigenvalue weighted by Gasteiger charge is 2.53. The molecular formula is C15H18N2O5. The van der Waals surface area contributed by atoms with E-state index in [-0.39, 0.29) is 11.2 Å². The van der Waals surface area contributed by atoms with Gasteiger partial charge in [-0.25, -0.2) is 0 Å². The smallest absolute Gasteiger partial charge is 0.310 e. The highest BCUT2D eigenvalue weighted by atomic mass is 16.5. The van der Waals surface area contributed by atoms with E-state index in [1.165, 1.54) is 0 Å². The molecule has 118 valence electrons. The molecule has 7 nitrogen and oxygen atoms in total. The van der Waals surface area contributed by atoms with E-state index in [9.17, 15) is 14.7 Å². The van der Waals surface area contributed by atoms with Crippen molar-refractivity contribution in [1.82, 2.24) is 5.16 Å². The zero-order valence-electron chi connectivity index (χ0n) is 12.6. The maximum atomic E-state index is 12.4. The number of carbonyl (C=O) groups excluding carboxylic acids is 1. The van der Waals surface area contributed by atoms with Crippen molar-refractivity contribution in [3.8, 4) is 0 Å². The quantitative estimate of drug-likeness (QED) is 0.822. The van der Waals surface area contributed by atoms with E-state index in [1.54, 1.807) is 18.2 Å². The number of rotatable bonds is 3. The number of nitrogens with one attached hydrogen (secondary N) is 1. The number of nitrogens with zero attached hydrogens (tertiary/aromatic N) is 1. The molecule has 2 aliphatic rings. The van der Waals surface area contributed by atoms with Crippen LogP contribution in [0, 0.1) is 11.8 Å². The van der Waals surface area contributed by atoms with E-state index < -0.39 is 35.9 Å². The van der Waals surface area contributed by atoms with Gasteiger partial charge in [0.1, 0.15) is 11.7 Å². The normalized spacial score (nSPS) is 29.8. The summed E-state index contributed by atoms with van der Waals surface area (Å²) in [6, 6.07) is 1.65. The van der Waals surface area contributed by atoms with Crippen molar-refractivity contribution < 1.29 is 24.0 Å². The third kappa shape index (κ3) is 2.41. The maximum absolute atomic E-state index is 12.4. The molecule has 0 radical (unpaired) electrons. The first-order valence-electron chi connectivity index (χ1n) is 7.12. The number of aromatic nitrogens is 1. The van der Waals surface area contributed by atoms with E-state index in [1.807, 2.05) is 20.8 Å². The number of ether oxygens (including phenoxy) is 1. The van der Waals surface area contributed by atoms with Gasteiger partial charge in [-0.15, -0.1) is 0 Å². The zero-order valence-corrected chi connectivity index (χ0v) is 12.6. The van der Waals surface area contributed by atoms with Crippen LogP contribution in [-0.2, 0) is 19.7 Å². The van der Waals surface area contributed by atoms with Gasteiger partial charge in [-0.1, -0.05) is 38.1 Å². The first-order chi connectivity index (χ1) is 10.3. The SMILES string of the molecule is CC(C)(C)c1cc(NC(=O)C2C3C=CC(O3)C2C(=O)O)no1. The molecule has 2 bridgehead atoms. The van der Waals surface area contributed by atoms with Crippen LogP contribution in [-0.4, -0.2) is 34.3 Å². The molecular weight excluding hydrogens is 288 g/mol. The minimum absolute atomic E-state index is 0.224. The number of carbonyl (C=O) groups is 2. The summed E-state index contributed by atoms with van der Waals surface area (Å²) in [7, 11) is 0. The lowest BCUT2D eigenvalue weighted by Gasteiger charge is -2.20. The van der Waals surface area contributed by atoms with Gasteiger partial charge < -0.3 is 19.7 Å². The second-order valence-electron chi connectivity index (χ2n) is 6.66. The number of hydrogen-bond acceptors (Lipinski definition) is 5. The fourth-order valence-corrected chi connectivity index (χ4v) is 2.81. The minimum atomic E-state index is -1.03. The number of amides is 1. The summed E-state index contributed by atoms with van der Waals surface area (Å²) in [5.41, 5.74) is -0.224. The van der Waals surface area contributed by atoms with Crippen LogP contribution in [0.4, 0.5) is 5.82 Å². The van der Waals surface area contributed by atoms with E-state index in [2.05, 4.69) is 10.5 Å². The second-order valence-corrected chi connectivity index (χ2v) is 6.66. The average Bonchev–Trinajstić information content (AvgIpc) is 3.11. The molecule has 1 aromatic rings. The van der Waals surface area contributed by atoms with E-state index in [0.29, 0.717) is 5.76 Å². The lowest BCUT2D eigenvalue weighted by Crippen LogP contribution is -2.39. The molecule has 1 aromatic heterocycles. The third-order valence-electron chi connectivity index (χ3n) is 3.99. The fraction of sp³-hybridized carbons (Fsp3) is 0.533. The van der Waals surface area contributed by atoms with E-state index in [0.717, 1.165) is 0 Å². The van der Waals surface area contributed by atoms with Crippen molar-refractivity contribution in [3.05, 3.63) is 24.0 Å². The van der Waals surface area contributed by atoms with Gasteiger partial charge >= 0.3 is 5.97 Å². The van der Waals surface area contributed by atoms with Crippen LogP contribution >= 0.6 is 0 Å². The highest BCUT2D eigenvalue weighted by Crippen LogP contribution is 2.40. The maximum Gasteiger partial charge on any atom is 0.310 e. The topological polar surface area (TPSA) is 102 Å². The van der Waals surface area contributed by atoms with Gasteiger partial charge in [-0.2, -0.15) is 0 Å². The molecule has 7 heteroatoms. The lowest BCUT2D eigenvalue weighted by atomic mass is 9.82. The zero-order chi connectivity index (χ0) is 16.1. The third-order valence-corrected chi connectivity index (χ3v) is 3.99. The summed E-state index contributed by atoms with van der Waals surface area (Å²) in [4.78, 5) is 23.8. The Labute approximate surface area is 127 Å². The molecule has 22 heavy (non-hydrogen) atoms. The molecule has 0 saturated carbocycles. The molecule has 1 saturated heterocycles. The van der Waals surface area contributed by atoms with Gasteiger partial charge in [0.2, 0.25) is 5.91 Å². The number of anilines is 1. The number of hydrogen-bond donors (Lipinski definition) is 2. The predicted molar refractivity (Wildman–Crippen MR) is 76.2 cm³/mol. The first kappa shape index (κ1) is 14.8. The average molecular weight is 306 g/mol. The van der Waals surface area contributed by atoms with Gasteiger partial charge in [0.05, 0.1) is 18.1 Å². The summed E-state index contributed by atoms with van der Waals surface area (Å²) in [5, 5.41) is 15.7. The highest BCUT2D eigenvalue weighted by molar-refractivity contribution is 5.96. The van der Waals surface area contributed by atoms with Gasteiger partial charge in [0.15, 0.2) is 5.82 Å². The van der Waals surface area contributed by atoms with Crippen molar-refractivity contribution in [3.63, 3.8) is 0 Å². The van der Waals surface area contributed by atoms with Gasteiger partial charge in [-0.3, -0.25) is 9.59 Å². The van der Waals surface area contributed by atoms with Crippen LogP contribution in [0.5, 0.6) is 0 Å². The van der Waals surface area contributed by atoms with Gasteiger partial charge in [-0.05, 0) is 0 Å². The van der Waals surface area contributed by atoms with Crippen LogP contribution < -0.4 is 5.32 Å². The standard InChI is InChI=1S/C15H18N2O5/c1-15(2,3)9-6-10(17-22-9)16-13(18)11-7-4-5-8(21-7)12(11)14(19)20/h4-8,11-12H,1-3H3,(H,19,20)(H,16,17,18). The van der Waals surface area contributed by atoms with Crippen LogP contribution in [0.2, 0.25) is 0 Å². The van der Waals surface area contributed by atoms with Crippen molar-refractivity contribution in [2.45, 2.75) is 38.4 Å². The van der Waals surface area contributed by atoms with Gasteiger partial charge in [0, 0.05) is 11.5 Å². The molecule has 4 atom stereocenters. The number of aliphatic carboxylic acids is 1. The molecule has 2 N–H and O–H groups in total. The summed E-state index contributed by atoms with van der Waals surface area (Å²) in [6.07, 6.45) is 2.39. The Morgan fingerprint density at radius 2 is 1.86 bits per heavy atom. The van der Waals surface area contributed by atoms with Crippen molar-refractivity contribution in [2.75, 3.05) is 5.32 Å². The summed E-state index contributed by atoms with van der Waals surface area (Å²) in [6.45, 7) is 5.90. The van der Waals surface area contributed by atoms with E-state index >= 15 is 0 Å². The first-order valence-corrected chi connectivity index (χ1v) is 7.12. The predicted octanol–water partition coefficient (Wildman–Crippen LogP) is 1.56. The van der Waals surface area contributed by atoms with Crippen molar-refractivity contribution in [1.29, 1.82) is 0 Å². The molecule has 1 amide bonds. The van der Waals surface area contributed by atoms with Crippen LogP contribution in [0.3, 0.4) is 0 Å². The fourth-order valence-electron chi connectivity index (χ4n) is 2.81. The monoisotopic (exact) mass is 306 g/mol. The Bertz CT molecular complexity index is 643. The van der Waals surface area contributed by atoms with Gasteiger partial charge in [0.25, 0.3) is 0 Å². The minimum Gasteiger partial charge on any atom is -0.481 e. The molecule has 3 rings (SSSR count). The lowest BCUT2D eigenvalue weighted by molar-refractivity contribution is -0.145. The Kier molecular flexibility index (Phi) is 3.32. The molecule has 1 fully saturated rings. The van der Waals surface area contributed by atoms with E-state index in [4.69, 9.17) is 9.26 Å². The number of carboxylic acids is 1. The van der Waals surface area contributed by atoms with Crippen molar-refractivity contribution in [2.24, 2.45) is 11.8 Å². The number of fused-ring (bicyclic) bond motifs is 2. The summed E-state index contributed by atoms with van der Waals surface area (Å²) < 4.78 is 10.7. The molecule has 3 heterocycles. The Morgan fingerprint density at radius 3 is 2.41 bits per heavy atom. The van der Waals surface area contributed by atoms with Crippen molar-refractivity contribution >= 4 is 17.7 Å². The Morgan fingerprint density at radius 1 is 1.23 bits per heavy atom. The molecule has 0 spiro atoms. The largest absolute Gasteiger partial charge is 0.481 e. The van der Waals surface area contributed by atoms with Crippen LogP contribution in [0.25, 0.3) is 0 Å². The summed E-state index contributed by atoms with van der Waals surface area (Å²) in [5.74, 6) is -2.16. The molecule has 4 unspecified atom stereocenters. The van der Waals surface area contributed by atoms with Crippen LogP contribution in [0.1, 0.15) is 26.5 Å². The molecule has 2 aliphatic heterocycles. The Hall–Kier alpha value is -2.15. The molecule has 0 aliphatic carbocycles. The number of carboxylic acid groups (broad SMARTS) is 1. The summed E-state index contributed by atoms with van der Waals surface area (Å²) >= 11 is 0.